The molecule has 0 unspecified atom stereocenters. The molecule has 0 aliphatic carbocycles. The number of thioether (sulfide) groups is 1. The Morgan fingerprint density at radius 3 is 3.07 bits per heavy atom. The van der Waals surface area contributed by atoms with Gasteiger partial charge in [0.05, 0.1) is 11.4 Å². The fraction of sp³-hybridized carbons (Fsp3) is 0.300. The molecule has 1 aromatic rings. The molecule has 1 aromatic carbocycles. The lowest BCUT2D eigenvalue weighted by molar-refractivity contribution is -0.116. The molecule has 0 aromatic heterocycles. The van der Waals surface area contributed by atoms with Crippen LogP contribution in [0.15, 0.2) is 23.1 Å². The van der Waals surface area contributed by atoms with E-state index in [0.29, 0.717) is 5.75 Å². The predicted molar refractivity (Wildman–Crippen MR) is 63.3 cm³/mol. The van der Waals surface area contributed by atoms with Crippen molar-refractivity contribution in [3.8, 4) is 0 Å². The number of benzene rings is 1. The number of amides is 1. The van der Waals surface area contributed by atoms with E-state index >= 15 is 0 Å². The Hall–Kier alpha value is -0.610. The summed E-state index contributed by atoms with van der Waals surface area (Å²) in [6.45, 7) is 0. The molecule has 0 atom stereocenters. The molecular formula is C10H11NOS2. The Kier molecular flexibility index (Phi) is 2.74. The van der Waals surface area contributed by atoms with Crippen LogP contribution in [0.4, 0.5) is 5.69 Å². The Morgan fingerprint density at radius 1 is 1.57 bits per heavy atom. The first-order valence-electron chi connectivity index (χ1n) is 4.35. The normalized spacial score (nSPS) is 15.6. The minimum atomic E-state index is 0.168. The number of hydrogen-bond acceptors (Lipinski definition) is 3. The molecule has 0 saturated carbocycles. The highest BCUT2D eigenvalue weighted by molar-refractivity contribution is 8.00. The summed E-state index contributed by atoms with van der Waals surface area (Å²) in [6, 6.07) is 6.11. The first-order chi connectivity index (χ1) is 6.72. The summed E-state index contributed by atoms with van der Waals surface area (Å²) in [5.74, 6) is 1.45. The van der Waals surface area contributed by atoms with E-state index in [4.69, 9.17) is 0 Å². The number of rotatable bonds is 1. The van der Waals surface area contributed by atoms with Gasteiger partial charge in [-0.15, -0.1) is 11.8 Å². The highest BCUT2D eigenvalue weighted by Gasteiger charge is 2.20. The standard InChI is InChI=1S/C10H11NOS2/c1-11-8-3-2-7(5-13)4-9(8)14-6-10(11)12/h2-4,13H,5-6H2,1H3. The van der Waals surface area contributed by atoms with E-state index in [9.17, 15) is 4.79 Å². The maximum absolute atomic E-state index is 11.4. The largest absolute Gasteiger partial charge is 0.314 e. The zero-order valence-electron chi connectivity index (χ0n) is 7.86. The molecule has 14 heavy (non-hydrogen) atoms. The van der Waals surface area contributed by atoms with Crippen molar-refractivity contribution >= 4 is 36.0 Å². The summed E-state index contributed by atoms with van der Waals surface area (Å²) in [5, 5.41) is 0. The van der Waals surface area contributed by atoms with Gasteiger partial charge in [-0.05, 0) is 17.7 Å². The van der Waals surface area contributed by atoms with E-state index < -0.39 is 0 Å². The molecule has 1 aliphatic heterocycles. The summed E-state index contributed by atoms with van der Waals surface area (Å²) in [4.78, 5) is 14.3. The van der Waals surface area contributed by atoms with Gasteiger partial charge in [0.15, 0.2) is 0 Å². The molecule has 4 heteroatoms. The molecule has 2 rings (SSSR count). The Labute approximate surface area is 93.1 Å². The number of carbonyl (C=O) groups excluding carboxylic acids is 1. The number of anilines is 1. The van der Waals surface area contributed by atoms with Gasteiger partial charge in [0.25, 0.3) is 0 Å². The van der Waals surface area contributed by atoms with Crippen LogP contribution in [0.5, 0.6) is 0 Å². The van der Waals surface area contributed by atoms with Crippen molar-refractivity contribution in [1.82, 2.24) is 0 Å². The van der Waals surface area contributed by atoms with Crippen molar-refractivity contribution in [2.24, 2.45) is 0 Å². The Bertz CT molecular complexity index is 378. The number of carbonyl (C=O) groups is 1. The molecule has 0 radical (unpaired) electrons. The summed E-state index contributed by atoms with van der Waals surface area (Å²) in [6.07, 6.45) is 0. The van der Waals surface area contributed by atoms with Crippen LogP contribution in [0, 0.1) is 0 Å². The molecule has 1 heterocycles. The molecule has 0 saturated heterocycles. The smallest absolute Gasteiger partial charge is 0.237 e. The van der Waals surface area contributed by atoms with Crippen LogP contribution in [-0.2, 0) is 10.5 Å². The third-order valence-electron chi connectivity index (χ3n) is 2.29. The predicted octanol–water partition coefficient (Wildman–Crippen LogP) is 2.18. The van der Waals surface area contributed by atoms with Gasteiger partial charge in [-0.1, -0.05) is 6.07 Å². The van der Waals surface area contributed by atoms with Gasteiger partial charge >= 0.3 is 0 Å². The number of fused-ring (bicyclic) bond motifs is 1. The molecule has 74 valence electrons. The Balaban J connectivity index is 2.43. The number of thiol groups is 1. The molecule has 1 amide bonds. The highest BCUT2D eigenvalue weighted by Crippen LogP contribution is 2.35. The number of hydrogen-bond donors (Lipinski definition) is 1. The summed E-state index contributed by atoms with van der Waals surface area (Å²) >= 11 is 5.83. The quantitative estimate of drug-likeness (QED) is 0.739. The third-order valence-corrected chi connectivity index (χ3v) is 3.69. The SMILES string of the molecule is CN1C(=O)CSc2cc(CS)ccc21. The van der Waals surface area contributed by atoms with Crippen LogP contribution in [-0.4, -0.2) is 18.7 Å². The maximum atomic E-state index is 11.4. The lowest BCUT2D eigenvalue weighted by atomic mass is 10.2. The fourth-order valence-electron chi connectivity index (χ4n) is 1.42. The van der Waals surface area contributed by atoms with E-state index in [1.165, 1.54) is 10.5 Å². The average Bonchev–Trinajstić information content (AvgIpc) is 2.23. The molecule has 0 N–H and O–H groups in total. The molecule has 2 nitrogen and oxygen atoms in total. The summed E-state index contributed by atoms with van der Waals surface area (Å²) < 4.78 is 0. The topological polar surface area (TPSA) is 20.3 Å². The average molecular weight is 225 g/mol. The van der Waals surface area contributed by atoms with Crippen LogP contribution in [0.3, 0.4) is 0 Å². The Morgan fingerprint density at radius 2 is 2.36 bits per heavy atom. The molecule has 1 aliphatic rings. The number of nitrogens with zero attached hydrogens (tertiary/aromatic N) is 1. The molecule has 0 spiro atoms. The van der Waals surface area contributed by atoms with E-state index in [0.717, 1.165) is 11.4 Å². The van der Waals surface area contributed by atoms with Gasteiger partial charge in [-0.25, -0.2) is 0 Å². The van der Waals surface area contributed by atoms with Crippen LogP contribution < -0.4 is 4.90 Å². The second-order valence-electron chi connectivity index (χ2n) is 3.20. The highest BCUT2D eigenvalue weighted by atomic mass is 32.2. The van der Waals surface area contributed by atoms with Crippen molar-refractivity contribution in [3.63, 3.8) is 0 Å². The van der Waals surface area contributed by atoms with Gasteiger partial charge in [0, 0.05) is 17.7 Å². The molecule has 0 bridgehead atoms. The first-order valence-corrected chi connectivity index (χ1v) is 5.97. The monoisotopic (exact) mass is 225 g/mol. The zero-order valence-corrected chi connectivity index (χ0v) is 9.57. The molecule has 0 fully saturated rings. The van der Waals surface area contributed by atoms with Crippen molar-refractivity contribution in [1.29, 1.82) is 0 Å². The van der Waals surface area contributed by atoms with Crippen LogP contribution in [0.2, 0.25) is 0 Å². The summed E-state index contributed by atoms with van der Waals surface area (Å²) in [7, 11) is 1.82. The molecular weight excluding hydrogens is 214 g/mol. The van der Waals surface area contributed by atoms with Crippen LogP contribution in [0.25, 0.3) is 0 Å². The minimum Gasteiger partial charge on any atom is -0.314 e. The van der Waals surface area contributed by atoms with E-state index in [-0.39, 0.29) is 5.91 Å². The van der Waals surface area contributed by atoms with Gasteiger partial charge in [-0.3, -0.25) is 4.79 Å². The fourth-order valence-corrected chi connectivity index (χ4v) is 2.68. The van der Waals surface area contributed by atoms with Crippen LogP contribution >= 0.6 is 24.4 Å². The first kappa shape index (κ1) is 9.93. The minimum absolute atomic E-state index is 0.168. The van der Waals surface area contributed by atoms with Crippen molar-refractivity contribution in [3.05, 3.63) is 23.8 Å². The van der Waals surface area contributed by atoms with Crippen molar-refractivity contribution in [2.75, 3.05) is 17.7 Å². The van der Waals surface area contributed by atoms with E-state index in [1.807, 2.05) is 19.2 Å². The lowest BCUT2D eigenvalue weighted by Gasteiger charge is -2.25. The van der Waals surface area contributed by atoms with Crippen molar-refractivity contribution in [2.45, 2.75) is 10.6 Å². The zero-order chi connectivity index (χ0) is 10.1. The van der Waals surface area contributed by atoms with Crippen molar-refractivity contribution < 1.29 is 4.79 Å². The van der Waals surface area contributed by atoms with Gasteiger partial charge in [-0.2, -0.15) is 12.6 Å². The van der Waals surface area contributed by atoms with E-state index in [2.05, 4.69) is 18.7 Å². The van der Waals surface area contributed by atoms with Gasteiger partial charge < -0.3 is 4.90 Å². The second-order valence-corrected chi connectivity index (χ2v) is 4.54. The van der Waals surface area contributed by atoms with E-state index in [1.54, 1.807) is 16.7 Å². The second kappa shape index (κ2) is 3.87. The van der Waals surface area contributed by atoms with Crippen LogP contribution in [0.1, 0.15) is 5.56 Å². The lowest BCUT2D eigenvalue weighted by Crippen LogP contribution is -2.31. The summed E-state index contributed by atoms with van der Waals surface area (Å²) in [5.41, 5.74) is 2.21. The van der Waals surface area contributed by atoms with Gasteiger partial charge in [0.1, 0.15) is 0 Å². The van der Waals surface area contributed by atoms with Gasteiger partial charge in [0.2, 0.25) is 5.91 Å². The third kappa shape index (κ3) is 1.64. The maximum Gasteiger partial charge on any atom is 0.237 e.